The Morgan fingerprint density at radius 2 is 2.00 bits per heavy atom. The van der Waals surface area contributed by atoms with Gasteiger partial charge in [-0.1, -0.05) is 0 Å². The average Bonchev–Trinajstić information content (AvgIpc) is 2.10. The molecule has 16 heavy (non-hydrogen) atoms. The zero-order valence-corrected chi connectivity index (χ0v) is 8.50. The molecule has 0 aromatic carbocycles. The van der Waals surface area contributed by atoms with Gasteiger partial charge in [0.05, 0.1) is 6.61 Å². The maximum absolute atomic E-state index is 11.6. The lowest BCUT2D eigenvalue weighted by atomic mass is 10.3. The minimum Gasteiger partial charge on any atom is -0.480 e. The van der Waals surface area contributed by atoms with Crippen LogP contribution in [0.4, 0.5) is 13.2 Å². The Morgan fingerprint density at radius 3 is 2.44 bits per heavy atom. The number of hydrogen-bond acceptors (Lipinski definition) is 3. The zero-order chi connectivity index (χ0) is 12.8. The van der Waals surface area contributed by atoms with Gasteiger partial charge in [0, 0.05) is 6.42 Å². The van der Waals surface area contributed by atoms with Crippen molar-refractivity contribution in [3.63, 3.8) is 0 Å². The number of carbonyl (C=O) groups excluding carboxylic acids is 1. The molecule has 94 valence electrons. The number of hydrogen-bond donors (Lipinski definition) is 2. The molecule has 0 unspecified atom stereocenters. The van der Waals surface area contributed by atoms with Crippen molar-refractivity contribution in [2.45, 2.75) is 25.6 Å². The van der Waals surface area contributed by atoms with Gasteiger partial charge in [0.2, 0.25) is 5.91 Å². The average molecular weight is 243 g/mol. The molecule has 0 saturated heterocycles. The van der Waals surface area contributed by atoms with E-state index >= 15 is 0 Å². The number of carbonyl (C=O) groups is 2. The van der Waals surface area contributed by atoms with E-state index in [9.17, 15) is 22.8 Å². The Balaban J connectivity index is 3.63. The molecule has 0 spiro atoms. The SMILES string of the molecule is C[C@@H](NC(=O)CCOCC(F)(F)F)C(=O)O. The van der Waals surface area contributed by atoms with E-state index < -0.39 is 37.3 Å². The van der Waals surface area contributed by atoms with Crippen molar-refractivity contribution < 1.29 is 32.6 Å². The Kier molecular flexibility index (Phi) is 5.79. The summed E-state index contributed by atoms with van der Waals surface area (Å²) in [7, 11) is 0. The van der Waals surface area contributed by atoms with Crippen LogP contribution < -0.4 is 5.32 Å². The highest BCUT2D eigenvalue weighted by molar-refractivity contribution is 5.83. The molecule has 0 aliphatic heterocycles. The second kappa shape index (κ2) is 6.31. The molecule has 0 rings (SSSR count). The van der Waals surface area contributed by atoms with Crippen LogP contribution in [0.5, 0.6) is 0 Å². The fourth-order valence-electron chi connectivity index (χ4n) is 0.728. The van der Waals surface area contributed by atoms with E-state index in [0.29, 0.717) is 0 Å². The molecule has 0 aliphatic carbocycles. The second-order valence-corrected chi connectivity index (χ2v) is 3.05. The van der Waals surface area contributed by atoms with Crippen LogP contribution in [-0.4, -0.2) is 42.4 Å². The minimum atomic E-state index is -4.43. The van der Waals surface area contributed by atoms with Gasteiger partial charge in [-0.05, 0) is 6.92 Å². The highest BCUT2D eigenvalue weighted by Crippen LogP contribution is 2.14. The van der Waals surface area contributed by atoms with E-state index in [1.54, 1.807) is 0 Å². The maximum atomic E-state index is 11.6. The van der Waals surface area contributed by atoms with Gasteiger partial charge in [-0.3, -0.25) is 9.59 Å². The molecule has 8 heteroatoms. The Morgan fingerprint density at radius 1 is 1.44 bits per heavy atom. The van der Waals surface area contributed by atoms with Crippen molar-refractivity contribution in [3.8, 4) is 0 Å². The number of nitrogens with one attached hydrogen (secondary N) is 1. The van der Waals surface area contributed by atoms with Crippen molar-refractivity contribution in [3.05, 3.63) is 0 Å². The molecule has 1 atom stereocenters. The van der Waals surface area contributed by atoms with Crippen molar-refractivity contribution in [2.24, 2.45) is 0 Å². The van der Waals surface area contributed by atoms with Gasteiger partial charge in [-0.15, -0.1) is 0 Å². The van der Waals surface area contributed by atoms with Crippen LogP contribution in [0.15, 0.2) is 0 Å². The van der Waals surface area contributed by atoms with Gasteiger partial charge < -0.3 is 15.2 Å². The van der Waals surface area contributed by atoms with Crippen LogP contribution in [0, 0.1) is 0 Å². The molecule has 0 radical (unpaired) electrons. The van der Waals surface area contributed by atoms with Crippen LogP contribution in [0.25, 0.3) is 0 Å². The third-order valence-electron chi connectivity index (χ3n) is 1.49. The van der Waals surface area contributed by atoms with Crippen LogP contribution in [0.1, 0.15) is 13.3 Å². The van der Waals surface area contributed by atoms with Crippen LogP contribution >= 0.6 is 0 Å². The lowest BCUT2D eigenvalue weighted by Gasteiger charge is -2.10. The molecule has 0 aromatic rings. The minimum absolute atomic E-state index is 0.312. The zero-order valence-electron chi connectivity index (χ0n) is 8.50. The van der Waals surface area contributed by atoms with Crippen molar-refractivity contribution in [1.82, 2.24) is 5.32 Å². The van der Waals surface area contributed by atoms with E-state index in [1.165, 1.54) is 6.92 Å². The molecular formula is C8H12F3NO4. The molecule has 0 heterocycles. The monoisotopic (exact) mass is 243 g/mol. The summed E-state index contributed by atoms with van der Waals surface area (Å²) in [5.41, 5.74) is 0. The van der Waals surface area contributed by atoms with Crippen molar-refractivity contribution in [1.29, 1.82) is 0 Å². The second-order valence-electron chi connectivity index (χ2n) is 3.05. The van der Waals surface area contributed by atoms with Gasteiger partial charge in [0.15, 0.2) is 0 Å². The first-order valence-electron chi connectivity index (χ1n) is 4.39. The van der Waals surface area contributed by atoms with Crippen LogP contribution in [0.3, 0.4) is 0 Å². The number of ether oxygens (including phenoxy) is 1. The molecular weight excluding hydrogens is 231 g/mol. The fraction of sp³-hybridized carbons (Fsp3) is 0.750. The quantitative estimate of drug-likeness (QED) is 0.668. The predicted molar refractivity (Wildman–Crippen MR) is 46.7 cm³/mol. The maximum Gasteiger partial charge on any atom is 0.411 e. The summed E-state index contributed by atoms with van der Waals surface area (Å²) in [6.45, 7) is -0.580. The number of aliphatic carboxylic acids is 1. The van der Waals surface area contributed by atoms with Crippen molar-refractivity contribution >= 4 is 11.9 Å². The predicted octanol–water partition coefficient (Wildman–Crippen LogP) is 0.545. The number of halogens is 3. The number of carboxylic acid groups (broad SMARTS) is 1. The summed E-state index contributed by atoms with van der Waals surface area (Å²) in [5.74, 6) is -1.89. The first kappa shape index (κ1) is 14.7. The van der Waals surface area contributed by atoms with Gasteiger partial charge >= 0.3 is 12.1 Å². The van der Waals surface area contributed by atoms with Gasteiger partial charge in [-0.2, -0.15) is 13.2 Å². The van der Waals surface area contributed by atoms with Gasteiger partial charge in [0.25, 0.3) is 0 Å². The molecule has 0 aliphatic rings. The van der Waals surface area contributed by atoms with Gasteiger partial charge in [0.1, 0.15) is 12.6 Å². The third-order valence-corrected chi connectivity index (χ3v) is 1.49. The fourth-order valence-corrected chi connectivity index (χ4v) is 0.728. The first-order chi connectivity index (χ1) is 7.22. The number of amides is 1. The van der Waals surface area contributed by atoms with E-state index in [0.717, 1.165) is 0 Å². The summed E-state index contributed by atoms with van der Waals surface area (Å²) in [6.07, 6.45) is -4.74. The number of alkyl halides is 3. The molecule has 0 fully saturated rings. The molecule has 1 amide bonds. The highest BCUT2D eigenvalue weighted by Gasteiger charge is 2.27. The molecule has 2 N–H and O–H groups in total. The topological polar surface area (TPSA) is 75.6 Å². The number of rotatable bonds is 6. The van der Waals surface area contributed by atoms with Crippen molar-refractivity contribution in [2.75, 3.05) is 13.2 Å². The highest BCUT2D eigenvalue weighted by atomic mass is 19.4. The largest absolute Gasteiger partial charge is 0.480 e. The Bertz CT molecular complexity index is 254. The van der Waals surface area contributed by atoms with Crippen LogP contribution in [-0.2, 0) is 14.3 Å². The molecule has 0 bridgehead atoms. The van der Waals surface area contributed by atoms with Gasteiger partial charge in [-0.25, -0.2) is 0 Å². The molecule has 0 aromatic heterocycles. The Labute approximate surface area is 89.6 Å². The van der Waals surface area contributed by atoms with E-state index in [-0.39, 0.29) is 6.42 Å². The summed E-state index contributed by atoms with van der Waals surface area (Å²) < 4.78 is 39.0. The van der Waals surface area contributed by atoms with E-state index in [1.807, 2.05) is 0 Å². The summed E-state index contributed by atoms with van der Waals surface area (Å²) >= 11 is 0. The molecule has 5 nitrogen and oxygen atoms in total. The Hall–Kier alpha value is -1.31. The first-order valence-corrected chi connectivity index (χ1v) is 4.39. The number of carboxylic acids is 1. The normalized spacial score (nSPS) is 13.2. The van der Waals surface area contributed by atoms with Crippen LogP contribution in [0.2, 0.25) is 0 Å². The lowest BCUT2D eigenvalue weighted by molar-refractivity contribution is -0.174. The summed E-state index contributed by atoms with van der Waals surface area (Å²) in [4.78, 5) is 21.2. The third kappa shape index (κ3) is 8.04. The summed E-state index contributed by atoms with van der Waals surface area (Å²) in [5, 5.41) is 10.5. The van der Waals surface area contributed by atoms with E-state index in [2.05, 4.69) is 10.1 Å². The standard InChI is InChI=1S/C8H12F3NO4/c1-5(7(14)15)12-6(13)2-3-16-4-8(9,10)11/h5H,2-4H2,1H3,(H,12,13)(H,14,15)/t5-/m1/s1. The summed E-state index contributed by atoms with van der Waals surface area (Å²) in [6, 6.07) is -1.07. The molecule has 0 saturated carbocycles. The van der Waals surface area contributed by atoms with E-state index in [4.69, 9.17) is 5.11 Å². The lowest BCUT2D eigenvalue weighted by Crippen LogP contribution is -2.38. The smallest absolute Gasteiger partial charge is 0.411 e.